The van der Waals surface area contributed by atoms with E-state index < -0.39 is 0 Å². The van der Waals surface area contributed by atoms with Crippen LogP contribution in [0.4, 0.5) is 0 Å². The molecule has 1 unspecified atom stereocenters. The molecule has 0 fully saturated rings. The van der Waals surface area contributed by atoms with Crippen LogP contribution in [0.3, 0.4) is 0 Å². The Labute approximate surface area is 160 Å². The van der Waals surface area contributed by atoms with Gasteiger partial charge in [-0.15, -0.1) is 0 Å². The lowest BCUT2D eigenvalue weighted by molar-refractivity contribution is 0.589. The summed E-state index contributed by atoms with van der Waals surface area (Å²) in [7, 11) is 0. The Bertz CT molecular complexity index is 1090. The summed E-state index contributed by atoms with van der Waals surface area (Å²) in [5.41, 5.74) is 5.87. The zero-order valence-electron chi connectivity index (χ0n) is 15.3. The zero-order chi connectivity index (χ0) is 18.1. The smallest absolute Gasteiger partial charge is 0.143 e. The highest BCUT2D eigenvalue weighted by Crippen LogP contribution is 2.42. The predicted octanol–water partition coefficient (Wildman–Crippen LogP) is 7.42. The van der Waals surface area contributed by atoms with Crippen LogP contribution in [0.1, 0.15) is 30.6 Å². The topological polar surface area (TPSA) is 13.1 Å². The van der Waals surface area contributed by atoms with Crippen LogP contribution in [0.2, 0.25) is 0 Å². The molecule has 0 spiro atoms. The lowest BCUT2D eigenvalue weighted by atomic mass is 9.91. The minimum absolute atomic E-state index is 0.378. The third-order valence-electron chi connectivity index (χ3n) is 5.46. The number of hydrogen-bond acceptors (Lipinski definition) is 1. The number of benzene rings is 2. The second-order valence-corrected chi connectivity index (χ2v) is 7.17. The lowest BCUT2D eigenvalue weighted by Crippen LogP contribution is -1.99. The summed E-state index contributed by atoms with van der Waals surface area (Å²) in [5.74, 6) is 1.41. The van der Waals surface area contributed by atoms with Crippen LogP contribution < -0.4 is 0 Å². The van der Waals surface area contributed by atoms with E-state index in [0.29, 0.717) is 5.92 Å². The molecule has 1 atom stereocenters. The molecule has 0 amide bonds. The summed E-state index contributed by atoms with van der Waals surface area (Å²) < 4.78 is 6.59. The third kappa shape index (κ3) is 2.90. The molecule has 1 nitrogen and oxygen atoms in total. The number of rotatable bonds is 2. The molecule has 27 heavy (non-hydrogen) atoms. The van der Waals surface area contributed by atoms with Gasteiger partial charge in [0.2, 0.25) is 0 Å². The maximum atomic E-state index is 6.59. The van der Waals surface area contributed by atoms with Crippen LogP contribution in [0.25, 0.3) is 33.7 Å². The van der Waals surface area contributed by atoms with E-state index in [1.54, 1.807) is 0 Å². The van der Waals surface area contributed by atoms with Crippen LogP contribution in [0.15, 0.2) is 89.4 Å². The molecule has 0 saturated carbocycles. The Kier molecular flexibility index (Phi) is 4.14. The predicted molar refractivity (Wildman–Crippen MR) is 114 cm³/mol. The first-order valence-corrected chi connectivity index (χ1v) is 9.71. The molecule has 1 heterocycles. The van der Waals surface area contributed by atoms with Gasteiger partial charge in [0.25, 0.3) is 0 Å². The highest BCUT2D eigenvalue weighted by atomic mass is 16.3. The van der Waals surface area contributed by atoms with Crippen LogP contribution >= 0.6 is 0 Å². The van der Waals surface area contributed by atoms with Crippen molar-refractivity contribution in [3.05, 3.63) is 96.3 Å². The third-order valence-corrected chi connectivity index (χ3v) is 5.46. The van der Waals surface area contributed by atoms with Gasteiger partial charge in [0.15, 0.2) is 0 Å². The molecule has 1 aromatic heterocycles. The molecule has 0 bridgehead atoms. The minimum atomic E-state index is 0.378. The Morgan fingerprint density at radius 2 is 1.74 bits per heavy atom. The molecule has 5 rings (SSSR count). The Morgan fingerprint density at radius 1 is 0.815 bits per heavy atom. The summed E-state index contributed by atoms with van der Waals surface area (Å²) in [6, 6.07) is 17.0. The first-order chi connectivity index (χ1) is 13.4. The van der Waals surface area contributed by atoms with Gasteiger partial charge in [-0.2, -0.15) is 0 Å². The Morgan fingerprint density at radius 3 is 2.67 bits per heavy atom. The van der Waals surface area contributed by atoms with E-state index in [-0.39, 0.29) is 0 Å². The quantitative estimate of drug-likeness (QED) is 0.438. The van der Waals surface area contributed by atoms with Gasteiger partial charge in [-0.25, -0.2) is 0 Å². The molecule has 1 heteroatoms. The van der Waals surface area contributed by atoms with Crippen molar-refractivity contribution >= 4 is 22.6 Å². The maximum Gasteiger partial charge on any atom is 0.143 e. The van der Waals surface area contributed by atoms with E-state index in [0.717, 1.165) is 36.2 Å². The highest BCUT2D eigenvalue weighted by molar-refractivity contribution is 6.00. The number of hydrogen-bond donors (Lipinski definition) is 0. The van der Waals surface area contributed by atoms with E-state index in [1.807, 2.05) is 0 Å². The molecule has 0 aliphatic heterocycles. The molecular weight excluding hydrogens is 328 g/mol. The molecule has 2 aliphatic carbocycles. The van der Waals surface area contributed by atoms with Crippen molar-refractivity contribution in [2.45, 2.75) is 19.3 Å². The molecule has 2 aromatic carbocycles. The van der Waals surface area contributed by atoms with Crippen molar-refractivity contribution in [2.75, 3.05) is 0 Å². The fourth-order valence-electron chi connectivity index (χ4n) is 4.13. The molecule has 3 aromatic rings. The van der Waals surface area contributed by atoms with Crippen LogP contribution in [0, 0.1) is 5.92 Å². The second-order valence-electron chi connectivity index (χ2n) is 7.17. The minimum Gasteiger partial charge on any atom is -0.455 e. The van der Waals surface area contributed by atoms with Crippen molar-refractivity contribution < 1.29 is 4.42 Å². The maximum absolute atomic E-state index is 6.59. The zero-order valence-corrected chi connectivity index (χ0v) is 15.3. The number of fused-ring (bicyclic) bond motifs is 3. The Balaban J connectivity index is 1.71. The number of allylic oxidation sites excluding steroid dienone is 7. The van der Waals surface area contributed by atoms with Gasteiger partial charge in [-0.05, 0) is 30.4 Å². The first kappa shape index (κ1) is 16.1. The van der Waals surface area contributed by atoms with E-state index in [2.05, 4.69) is 91.1 Å². The molecular formula is C26H22O. The Hall–Kier alpha value is -3.06. The second kappa shape index (κ2) is 6.92. The molecule has 0 N–H and O–H groups in total. The fourth-order valence-corrected chi connectivity index (χ4v) is 4.13. The summed E-state index contributed by atoms with van der Waals surface area (Å²) in [6.45, 7) is 0. The van der Waals surface area contributed by atoms with E-state index in [1.165, 1.54) is 22.1 Å². The molecule has 0 saturated heterocycles. The van der Waals surface area contributed by atoms with Gasteiger partial charge in [-0.3, -0.25) is 0 Å². The lowest BCUT2D eigenvalue weighted by Gasteiger charge is -2.13. The van der Waals surface area contributed by atoms with Gasteiger partial charge < -0.3 is 4.42 Å². The van der Waals surface area contributed by atoms with Crippen LogP contribution in [0.5, 0.6) is 0 Å². The average molecular weight is 350 g/mol. The summed E-state index contributed by atoms with van der Waals surface area (Å²) in [5, 5.41) is 1.20. The van der Waals surface area contributed by atoms with E-state index in [9.17, 15) is 0 Å². The summed E-state index contributed by atoms with van der Waals surface area (Å²) in [4.78, 5) is 0. The van der Waals surface area contributed by atoms with Crippen molar-refractivity contribution in [2.24, 2.45) is 5.92 Å². The van der Waals surface area contributed by atoms with Gasteiger partial charge >= 0.3 is 0 Å². The highest BCUT2D eigenvalue weighted by Gasteiger charge is 2.23. The van der Waals surface area contributed by atoms with E-state index in [4.69, 9.17) is 4.42 Å². The summed E-state index contributed by atoms with van der Waals surface area (Å²) >= 11 is 0. The first-order valence-electron chi connectivity index (χ1n) is 9.71. The van der Waals surface area contributed by atoms with Crippen molar-refractivity contribution in [1.82, 2.24) is 0 Å². The standard InChI is InChI=1S/C26H22O/c1-2-5-12-19(11-4-1)21-15-8-9-16-23-24-18-10-17-22(26(24)27-25(21)23)20-13-6-3-7-14-20/h1,3-7,9-10,12-19H,2,8,11H2. The van der Waals surface area contributed by atoms with Crippen LogP contribution in [-0.4, -0.2) is 0 Å². The summed E-state index contributed by atoms with van der Waals surface area (Å²) in [6.07, 6.45) is 19.0. The number of para-hydroxylation sites is 1. The van der Waals surface area contributed by atoms with E-state index >= 15 is 0 Å². The molecule has 2 aliphatic rings. The van der Waals surface area contributed by atoms with Gasteiger partial charge in [0, 0.05) is 22.4 Å². The van der Waals surface area contributed by atoms with Crippen molar-refractivity contribution in [1.29, 1.82) is 0 Å². The van der Waals surface area contributed by atoms with Gasteiger partial charge in [0.05, 0.1) is 0 Å². The van der Waals surface area contributed by atoms with Crippen molar-refractivity contribution in [3.8, 4) is 11.1 Å². The molecule has 0 radical (unpaired) electrons. The van der Waals surface area contributed by atoms with Gasteiger partial charge in [0.1, 0.15) is 11.3 Å². The molecule has 132 valence electrons. The largest absolute Gasteiger partial charge is 0.455 e. The SMILES string of the molecule is C1=CCC(C2=CCC=Cc3c2oc2c(-c4ccccc4)cccc32)C=CC1. The number of furan rings is 1. The van der Waals surface area contributed by atoms with Crippen LogP contribution in [-0.2, 0) is 0 Å². The fraction of sp³-hybridized carbons (Fsp3) is 0.154. The monoisotopic (exact) mass is 350 g/mol. The van der Waals surface area contributed by atoms with Gasteiger partial charge in [-0.1, -0.05) is 91.1 Å². The normalized spacial score (nSPS) is 18.8. The van der Waals surface area contributed by atoms with Crippen molar-refractivity contribution in [3.63, 3.8) is 0 Å². The average Bonchev–Trinajstić information content (AvgIpc) is 2.89.